The van der Waals surface area contributed by atoms with Gasteiger partial charge in [0.1, 0.15) is 0 Å². The molecule has 7 heteroatoms. The topological polar surface area (TPSA) is 81.7 Å². The van der Waals surface area contributed by atoms with E-state index in [4.69, 9.17) is 16.7 Å². The molecule has 1 aliphatic rings. The predicted molar refractivity (Wildman–Crippen MR) is 81.1 cm³/mol. The van der Waals surface area contributed by atoms with Gasteiger partial charge >= 0.3 is 12.0 Å². The number of likely N-dealkylation sites (N-methyl/N-ethyl adjacent to an activating group) is 1. The highest BCUT2D eigenvalue weighted by atomic mass is 35.5. The first-order chi connectivity index (χ1) is 9.95. The molecule has 1 aliphatic carbocycles. The number of anilines is 1. The number of nitrogens with zero attached hydrogens (tertiary/aromatic N) is 1. The van der Waals surface area contributed by atoms with Crippen LogP contribution in [0.2, 0.25) is 5.02 Å². The SMILES string of the molecule is CN(CCNC(=O)Nc1cc(Cl)cc(C(=O)O)c1)C1CC1. The smallest absolute Gasteiger partial charge is 0.335 e. The van der Waals surface area contributed by atoms with E-state index in [1.54, 1.807) is 0 Å². The van der Waals surface area contributed by atoms with Gasteiger partial charge in [-0.05, 0) is 38.1 Å². The quantitative estimate of drug-likeness (QED) is 0.752. The van der Waals surface area contributed by atoms with Crippen LogP contribution < -0.4 is 10.6 Å². The molecular weight excluding hydrogens is 294 g/mol. The first-order valence-electron chi connectivity index (χ1n) is 6.74. The van der Waals surface area contributed by atoms with Crippen molar-refractivity contribution in [3.63, 3.8) is 0 Å². The maximum Gasteiger partial charge on any atom is 0.335 e. The molecule has 1 fully saturated rings. The van der Waals surface area contributed by atoms with E-state index in [1.807, 2.05) is 7.05 Å². The number of carbonyl (C=O) groups is 2. The van der Waals surface area contributed by atoms with Gasteiger partial charge in [-0.1, -0.05) is 11.6 Å². The highest BCUT2D eigenvalue weighted by Crippen LogP contribution is 2.24. The van der Waals surface area contributed by atoms with E-state index in [1.165, 1.54) is 31.0 Å². The van der Waals surface area contributed by atoms with Gasteiger partial charge in [-0.3, -0.25) is 0 Å². The third-order valence-corrected chi connectivity index (χ3v) is 3.54. The summed E-state index contributed by atoms with van der Waals surface area (Å²) in [5, 5.41) is 14.5. The van der Waals surface area contributed by atoms with E-state index < -0.39 is 5.97 Å². The van der Waals surface area contributed by atoms with Crippen molar-refractivity contribution in [2.75, 3.05) is 25.5 Å². The summed E-state index contributed by atoms with van der Waals surface area (Å²) in [6.07, 6.45) is 2.45. The molecule has 1 aromatic carbocycles. The zero-order chi connectivity index (χ0) is 15.4. The van der Waals surface area contributed by atoms with Crippen LogP contribution in [0.15, 0.2) is 18.2 Å². The number of carbonyl (C=O) groups excluding carboxylic acids is 1. The average molecular weight is 312 g/mol. The van der Waals surface area contributed by atoms with Crippen LogP contribution in [0.25, 0.3) is 0 Å². The molecular formula is C14H18ClN3O3. The summed E-state index contributed by atoms with van der Waals surface area (Å²) in [7, 11) is 2.04. The number of carboxylic acid groups (broad SMARTS) is 1. The van der Waals surface area contributed by atoms with Crippen molar-refractivity contribution < 1.29 is 14.7 Å². The Morgan fingerprint density at radius 3 is 2.71 bits per heavy atom. The van der Waals surface area contributed by atoms with Gasteiger partial charge in [0.2, 0.25) is 0 Å². The number of halogens is 1. The van der Waals surface area contributed by atoms with Gasteiger partial charge in [0.25, 0.3) is 0 Å². The molecule has 0 aromatic heterocycles. The van der Waals surface area contributed by atoms with Crippen LogP contribution in [0.4, 0.5) is 10.5 Å². The summed E-state index contributed by atoms with van der Waals surface area (Å²) < 4.78 is 0. The van der Waals surface area contributed by atoms with Crippen LogP contribution in [0, 0.1) is 0 Å². The summed E-state index contributed by atoms with van der Waals surface area (Å²) in [5.41, 5.74) is 0.388. The summed E-state index contributed by atoms with van der Waals surface area (Å²) in [5.74, 6) is -1.09. The molecule has 6 nitrogen and oxygen atoms in total. The van der Waals surface area contributed by atoms with Gasteiger partial charge in [-0.2, -0.15) is 0 Å². The Bertz CT molecular complexity index is 546. The van der Waals surface area contributed by atoms with Crippen molar-refractivity contribution in [2.45, 2.75) is 18.9 Å². The van der Waals surface area contributed by atoms with E-state index in [0.29, 0.717) is 18.3 Å². The van der Waals surface area contributed by atoms with Gasteiger partial charge in [-0.15, -0.1) is 0 Å². The Balaban J connectivity index is 1.82. The molecule has 0 saturated heterocycles. The second-order valence-corrected chi connectivity index (χ2v) is 5.56. The lowest BCUT2D eigenvalue weighted by molar-refractivity contribution is 0.0697. The number of hydrogen-bond donors (Lipinski definition) is 3. The molecule has 21 heavy (non-hydrogen) atoms. The van der Waals surface area contributed by atoms with Gasteiger partial charge in [0.15, 0.2) is 0 Å². The number of rotatable bonds is 6. The molecule has 2 amide bonds. The molecule has 0 atom stereocenters. The second-order valence-electron chi connectivity index (χ2n) is 5.13. The molecule has 0 unspecified atom stereocenters. The fraction of sp³-hybridized carbons (Fsp3) is 0.429. The van der Waals surface area contributed by atoms with E-state index >= 15 is 0 Å². The van der Waals surface area contributed by atoms with Crippen molar-refractivity contribution in [3.8, 4) is 0 Å². The lowest BCUT2D eigenvalue weighted by atomic mass is 10.2. The van der Waals surface area contributed by atoms with E-state index in [0.717, 1.165) is 6.54 Å². The molecule has 2 rings (SSSR count). The summed E-state index contributed by atoms with van der Waals surface area (Å²) in [6, 6.07) is 4.48. The van der Waals surface area contributed by atoms with E-state index in [-0.39, 0.29) is 16.6 Å². The van der Waals surface area contributed by atoms with Gasteiger partial charge in [-0.25, -0.2) is 9.59 Å². The standard InChI is InChI=1S/C14H18ClN3O3/c1-18(12-2-3-12)5-4-16-14(21)17-11-7-9(13(19)20)6-10(15)8-11/h6-8,12H,2-5H2,1H3,(H,19,20)(H2,16,17,21). The van der Waals surface area contributed by atoms with E-state index in [2.05, 4.69) is 15.5 Å². The maximum absolute atomic E-state index is 11.7. The molecule has 114 valence electrons. The third kappa shape index (κ3) is 4.91. The Morgan fingerprint density at radius 1 is 1.38 bits per heavy atom. The minimum absolute atomic E-state index is 0.0336. The zero-order valence-electron chi connectivity index (χ0n) is 11.7. The van der Waals surface area contributed by atoms with Crippen LogP contribution in [0.5, 0.6) is 0 Å². The van der Waals surface area contributed by atoms with Gasteiger partial charge < -0.3 is 20.6 Å². The van der Waals surface area contributed by atoms with E-state index in [9.17, 15) is 9.59 Å². The predicted octanol–water partition coefficient (Wildman–Crippen LogP) is 2.25. The number of carboxylic acids is 1. The van der Waals surface area contributed by atoms with Crippen LogP contribution >= 0.6 is 11.6 Å². The molecule has 3 N–H and O–H groups in total. The third-order valence-electron chi connectivity index (χ3n) is 3.32. The Kier molecular flexibility index (Phi) is 5.03. The number of amides is 2. The molecule has 0 aliphatic heterocycles. The van der Waals surface area contributed by atoms with Crippen molar-refractivity contribution in [3.05, 3.63) is 28.8 Å². The number of benzene rings is 1. The number of nitrogens with one attached hydrogen (secondary N) is 2. The van der Waals surface area contributed by atoms with Crippen molar-refractivity contribution in [2.24, 2.45) is 0 Å². The lowest BCUT2D eigenvalue weighted by Crippen LogP contribution is -2.36. The molecule has 0 radical (unpaired) electrons. The average Bonchev–Trinajstić information content (AvgIpc) is 3.21. The number of urea groups is 1. The lowest BCUT2D eigenvalue weighted by Gasteiger charge is -2.16. The van der Waals surface area contributed by atoms with Gasteiger partial charge in [0.05, 0.1) is 5.56 Å². The van der Waals surface area contributed by atoms with Gasteiger partial charge in [0, 0.05) is 29.8 Å². The highest BCUT2D eigenvalue weighted by Gasteiger charge is 2.25. The monoisotopic (exact) mass is 311 g/mol. The Labute approximate surface area is 128 Å². The van der Waals surface area contributed by atoms with Crippen LogP contribution in [-0.4, -0.2) is 48.2 Å². The fourth-order valence-corrected chi connectivity index (χ4v) is 2.24. The molecule has 0 bridgehead atoms. The fourth-order valence-electron chi connectivity index (χ4n) is 2.00. The molecule has 0 heterocycles. The molecule has 1 saturated carbocycles. The summed E-state index contributed by atoms with van der Waals surface area (Å²) in [6.45, 7) is 1.32. The van der Waals surface area contributed by atoms with Crippen molar-refractivity contribution in [1.29, 1.82) is 0 Å². The normalized spacial score (nSPS) is 14.0. The highest BCUT2D eigenvalue weighted by molar-refractivity contribution is 6.31. The maximum atomic E-state index is 11.7. The largest absolute Gasteiger partial charge is 0.478 e. The summed E-state index contributed by atoms with van der Waals surface area (Å²) >= 11 is 5.82. The molecule has 1 aromatic rings. The summed E-state index contributed by atoms with van der Waals surface area (Å²) in [4.78, 5) is 24.9. The minimum atomic E-state index is -1.09. The Morgan fingerprint density at radius 2 is 2.10 bits per heavy atom. The van der Waals surface area contributed by atoms with Crippen LogP contribution in [0.1, 0.15) is 23.2 Å². The number of aromatic carboxylic acids is 1. The van der Waals surface area contributed by atoms with Crippen LogP contribution in [0.3, 0.4) is 0 Å². The Hall–Kier alpha value is -1.79. The number of hydrogen-bond acceptors (Lipinski definition) is 3. The first-order valence-corrected chi connectivity index (χ1v) is 7.12. The minimum Gasteiger partial charge on any atom is -0.478 e. The first kappa shape index (κ1) is 15.6. The molecule has 0 spiro atoms. The van der Waals surface area contributed by atoms with Crippen molar-refractivity contribution >= 4 is 29.3 Å². The second kappa shape index (κ2) is 6.78. The van der Waals surface area contributed by atoms with Crippen molar-refractivity contribution in [1.82, 2.24) is 10.2 Å². The van der Waals surface area contributed by atoms with Crippen LogP contribution in [-0.2, 0) is 0 Å². The zero-order valence-corrected chi connectivity index (χ0v) is 12.5.